The molecule has 0 spiro atoms. The zero-order valence-corrected chi connectivity index (χ0v) is 11.4. The summed E-state index contributed by atoms with van der Waals surface area (Å²) in [5, 5.41) is 3.16. The Hall–Kier alpha value is -1.42. The summed E-state index contributed by atoms with van der Waals surface area (Å²) < 4.78 is 1.05. The smallest absolute Gasteiger partial charge is 0.222 e. The van der Waals surface area contributed by atoms with E-state index in [4.69, 9.17) is 0 Å². The molecule has 17 heavy (non-hydrogen) atoms. The molecule has 0 bridgehead atoms. The number of rotatable bonds is 3. The van der Waals surface area contributed by atoms with E-state index < -0.39 is 0 Å². The summed E-state index contributed by atoms with van der Waals surface area (Å²) in [4.78, 5) is 8.57. The molecule has 0 unspecified atom stereocenters. The molecule has 0 aliphatic carbocycles. The van der Waals surface area contributed by atoms with Gasteiger partial charge in [-0.05, 0) is 31.5 Å². The van der Waals surface area contributed by atoms with Crippen molar-refractivity contribution in [2.24, 2.45) is 0 Å². The van der Waals surface area contributed by atoms with Gasteiger partial charge >= 0.3 is 0 Å². The lowest BCUT2D eigenvalue weighted by molar-refractivity contribution is 0.874. The van der Waals surface area contributed by atoms with Crippen LogP contribution in [0.3, 0.4) is 0 Å². The van der Waals surface area contributed by atoms with Crippen LogP contribution in [0.2, 0.25) is 0 Å². The van der Waals surface area contributed by atoms with E-state index in [9.17, 15) is 0 Å². The molecular formula is C13H14BrN3. The van der Waals surface area contributed by atoms with Crippen LogP contribution in [-0.2, 0) is 0 Å². The first-order valence-corrected chi connectivity index (χ1v) is 6.29. The number of halogens is 1. The van der Waals surface area contributed by atoms with Crippen LogP contribution in [0.1, 0.15) is 13.8 Å². The summed E-state index contributed by atoms with van der Waals surface area (Å²) in [6, 6.07) is 8.43. The molecule has 0 saturated heterocycles. The lowest BCUT2D eigenvalue weighted by atomic mass is 10.1. The van der Waals surface area contributed by atoms with Crippen LogP contribution >= 0.6 is 15.9 Å². The highest BCUT2D eigenvalue weighted by molar-refractivity contribution is 9.10. The molecule has 0 fully saturated rings. The van der Waals surface area contributed by atoms with E-state index in [2.05, 4.69) is 45.1 Å². The fraction of sp³-hybridized carbons (Fsp3) is 0.231. The van der Waals surface area contributed by atoms with E-state index >= 15 is 0 Å². The molecule has 1 aromatic heterocycles. The van der Waals surface area contributed by atoms with Crippen LogP contribution in [0, 0.1) is 0 Å². The van der Waals surface area contributed by atoms with Crippen molar-refractivity contribution in [2.75, 3.05) is 5.32 Å². The van der Waals surface area contributed by atoms with Crippen molar-refractivity contribution in [1.29, 1.82) is 0 Å². The van der Waals surface area contributed by atoms with Crippen molar-refractivity contribution in [3.05, 3.63) is 41.1 Å². The van der Waals surface area contributed by atoms with E-state index in [1.54, 1.807) is 0 Å². The molecule has 0 saturated carbocycles. The fourth-order valence-corrected chi connectivity index (χ4v) is 1.88. The Morgan fingerprint density at radius 3 is 2.41 bits per heavy atom. The highest BCUT2D eigenvalue weighted by atomic mass is 79.9. The van der Waals surface area contributed by atoms with E-state index in [0.717, 1.165) is 15.6 Å². The second-order valence-electron chi connectivity index (χ2n) is 4.10. The van der Waals surface area contributed by atoms with Gasteiger partial charge in [0.25, 0.3) is 0 Å². The predicted octanol–water partition coefficient (Wildman–Crippen LogP) is 3.73. The topological polar surface area (TPSA) is 37.8 Å². The average molecular weight is 292 g/mol. The van der Waals surface area contributed by atoms with Crippen molar-refractivity contribution in [1.82, 2.24) is 9.97 Å². The molecule has 1 aromatic carbocycles. The third-order valence-corrected chi connectivity index (χ3v) is 2.72. The minimum Gasteiger partial charge on any atom is -0.352 e. The standard InChI is InChI=1S/C13H14BrN3/c1-9(2)17-13-15-7-11(8-16-13)10-4-3-5-12(14)6-10/h3-9H,1-2H3,(H,15,16,17). The molecule has 88 valence electrons. The normalized spacial score (nSPS) is 10.6. The van der Waals surface area contributed by atoms with Crippen LogP contribution in [0.15, 0.2) is 41.1 Å². The molecule has 3 nitrogen and oxygen atoms in total. The molecule has 1 N–H and O–H groups in total. The van der Waals surface area contributed by atoms with Crippen molar-refractivity contribution in [2.45, 2.75) is 19.9 Å². The van der Waals surface area contributed by atoms with Crippen molar-refractivity contribution in [3.63, 3.8) is 0 Å². The predicted molar refractivity (Wildman–Crippen MR) is 73.9 cm³/mol. The number of nitrogens with zero attached hydrogens (tertiary/aromatic N) is 2. The Morgan fingerprint density at radius 2 is 1.82 bits per heavy atom. The van der Waals surface area contributed by atoms with E-state index in [1.165, 1.54) is 0 Å². The van der Waals surface area contributed by atoms with Gasteiger partial charge in [0.15, 0.2) is 0 Å². The third-order valence-electron chi connectivity index (χ3n) is 2.23. The Bertz CT molecular complexity index is 494. The second-order valence-corrected chi connectivity index (χ2v) is 5.02. The number of hydrogen-bond donors (Lipinski definition) is 1. The first-order chi connectivity index (χ1) is 8.15. The zero-order chi connectivity index (χ0) is 12.3. The molecular weight excluding hydrogens is 278 g/mol. The molecule has 0 amide bonds. The molecule has 0 aliphatic rings. The molecule has 1 heterocycles. The monoisotopic (exact) mass is 291 g/mol. The Kier molecular flexibility index (Phi) is 3.74. The lowest BCUT2D eigenvalue weighted by Gasteiger charge is -2.08. The molecule has 0 aliphatic heterocycles. The van der Waals surface area contributed by atoms with Crippen LogP contribution in [-0.4, -0.2) is 16.0 Å². The van der Waals surface area contributed by atoms with Crippen molar-refractivity contribution < 1.29 is 0 Å². The van der Waals surface area contributed by atoms with Gasteiger partial charge in [0.2, 0.25) is 5.95 Å². The van der Waals surface area contributed by atoms with Crippen molar-refractivity contribution in [3.8, 4) is 11.1 Å². The van der Waals surface area contributed by atoms with Gasteiger partial charge in [0, 0.05) is 28.5 Å². The van der Waals surface area contributed by atoms with Crippen LogP contribution in [0.25, 0.3) is 11.1 Å². The van der Waals surface area contributed by atoms with E-state index in [-0.39, 0.29) is 0 Å². The molecule has 0 atom stereocenters. The van der Waals surface area contributed by atoms with Crippen LogP contribution < -0.4 is 5.32 Å². The molecule has 4 heteroatoms. The Labute approximate surface area is 109 Å². The van der Waals surface area contributed by atoms with Gasteiger partial charge in [-0.3, -0.25) is 0 Å². The highest BCUT2D eigenvalue weighted by Crippen LogP contribution is 2.21. The molecule has 0 radical (unpaired) electrons. The maximum Gasteiger partial charge on any atom is 0.222 e. The quantitative estimate of drug-likeness (QED) is 0.936. The summed E-state index contributed by atoms with van der Waals surface area (Å²) in [6.07, 6.45) is 3.67. The minimum atomic E-state index is 0.340. The first-order valence-electron chi connectivity index (χ1n) is 5.49. The largest absolute Gasteiger partial charge is 0.352 e. The van der Waals surface area contributed by atoms with Gasteiger partial charge in [0.1, 0.15) is 0 Å². The number of anilines is 1. The fourth-order valence-electron chi connectivity index (χ4n) is 1.48. The summed E-state index contributed by atoms with van der Waals surface area (Å²) in [5.74, 6) is 0.666. The van der Waals surface area contributed by atoms with Gasteiger partial charge in [0.05, 0.1) is 0 Å². The maximum absolute atomic E-state index is 4.29. The molecule has 2 aromatic rings. The van der Waals surface area contributed by atoms with Crippen LogP contribution in [0.5, 0.6) is 0 Å². The zero-order valence-electron chi connectivity index (χ0n) is 9.81. The summed E-state index contributed by atoms with van der Waals surface area (Å²) in [6.45, 7) is 4.12. The summed E-state index contributed by atoms with van der Waals surface area (Å²) in [7, 11) is 0. The Balaban J connectivity index is 2.23. The minimum absolute atomic E-state index is 0.340. The number of hydrogen-bond acceptors (Lipinski definition) is 3. The summed E-state index contributed by atoms with van der Waals surface area (Å²) >= 11 is 3.45. The highest BCUT2D eigenvalue weighted by Gasteiger charge is 2.01. The van der Waals surface area contributed by atoms with Gasteiger partial charge < -0.3 is 5.32 Å². The lowest BCUT2D eigenvalue weighted by Crippen LogP contribution is -2.12. The first kappa shape index (κ1) is 12.0. The number of nitrogens with one attached hydrogen (secondary N) is 1. The van der Waals surface area contributed by atoms with Crippen LogP contribution in [0.4, 0.5) is 5.95 Å². The van der Waals surface area contributed by atoms with E-state index in [1.807, 2.05) is 36.7 Å². The molecule has 2 rings (SSSR count). The summed E-state index contributed by atoms with van der Waals surface area (Å²) in [5.41, 5.74) is 2.12. The number of benzene rings is 1. The van der Waals surface area contributed by atoms with Gasteiger partial charge in [-0.2, -0.15) is 0 Å². The average Bonchev–Trinajstić information content (AvgIpc) is 2.29. The number of aromatic nitrogens is 2. The van der Waals surface area contributed by atoms with Gasteiger partial charge in [-0.15, -0.1) is 0 Å². The van der Waals surface area contributed by atoms with E-state index in [0.29, 0.717) is 12.0 Å². The van der Waals surface area contributed by atoms with Gasteiger partial charge in [-0.25, -0.2) is 9.97 Å². The SMILES string of the molecule is CC(C)Nc1ncc(-c2cccc(Br)c2)cn1. The van der Waals surface area contributed by atoms with Crippen molar-refractivity contribution >= 4 is 21.9 Å². The Morgan fingerprint density at radius 1 is 1.12 bits per heavy atom. The van der Waals surface area contributed by atoms with Gasteiger partial charge in [-0.1, -0.05) is 28.1 Å². The third kappa shape index (κ3) is 3.27. The maximum atomic E-state index is 4.29. The second kappa shape index (κ2) is 5.27.